The Bertz CT molecular complexity index is 1330. The Morgan fingerprint density at radius 3 is 2.64 bits per heavy atom. The molecule has 1 amide bonds. The number of ether oxygens (including phenoxy) is 2. The number of amides is 1. The molecule has 2 aliphatic heterocycles. The zero-order valence-electron chi connectivity index (χ0n) is 20.4. The maximum Gasteiger partial charge on any atom is 0.296 e. The molecule has 0 spiro atoms. The number of anilines is 1. The van der Waals surface area contributed by atoms with Crippen LogP contribution in [0, 0.1) is 0 Å². The number of benzene rings is 1. The van der Waals surface area contributed by atoms with Gasteiger partial charge < -0.3 is 24.8 Å². The van der Waals surface area contributed by atoms with Gasteiger partial charge in [0.05, 0.1) is 26.4 Å². The van der Waals surface area contributed by atoms with E-state index in [0.29, 0.717) is 25.6 Å². The molecule has 0 bridgehead atoms. The smallest absolute Gasteiger partial charge is 0.296 e. The Labute approximate surface area is 208 Å². The molecule has 0 unspecified atom stereocenters. The van der Waals surface area contributed by atoms with Crippen LogP contribution in [0.15, 0.2) is 47.4 Å². The van der Waals surface area contributed by atoms with Crippen LogP contribution in [0.25, 0.3) is 11.1 Å². The topological polar surface area (TPSA) is 119 Å². The van der Waals surface area contributed by atoms with Crippen molar-refractivity contribution in [2.24, 2.45) is 0 Å². The molecule has 10 nitrogen and oxygen atoms in total. The van der Waals surface area contributed by atoms with E-state index in [1.54, 1.807) is 13.8 Å². The number of nitrogens with zero attached hydrogens (tertiary/aromatic N) is 4. The lowest BCUT2D eigenvalue weighted by Gasteiger charge is -2.32. The fourth-order valence-electron chi connectivity index (χ4n) is 4.57. The van der Waals surface area contributed by atoms with Crippen molar-refractivity contribution in [2.75, 3.05) is 37.8 Å². The highest BCUT2D eigenvalue weighted by Crippen LogP contribution is 2.28. The molecule has 188 valence electrons. The Morgan fingerprint density at radius 2 is 1.89 bits per heavy atom. The largest absolute Gasteiger partial charge is 0.501 e. The molecular weight excluding hydrogens is 462 g/mol. The highest BCUT2D eigenvalue weighted by atomic mass is 16.5. The van der Waals surface area contributed by atoms with E-state index in [1.165, 1.54) is 4.57 Å². The van der Waals surface area contributed by atoms with Gasteiger partial charge in [-0.15, -0.1) is 0 Å². The average molecular weight is 492 g/mol. The van der Waals surface area contributed by atoms with Gasteiger partial charge in [0.2, 0.25) is 5.75 Å². The number of morpholine rings is 1. The molecule has 36 heavy (non-hydrogen) atoms. The van der Waals surface area contributed by atoms with Crippen molar-refractivity contribution < 1.29 is 19.4 Å². The van der Waals surface area contributed by atoms with E-state index in [-0.39, 0.29) is 18.8 Å². The normalized spacial score (nSPS) is 16.9. The van der Waals surface area contributed by atoms with Gasteiger partial charge in [0.15, 0.2) is 5.69 Å². The van der Waals surface area contributed by atoms with Crippen molar-refractivity contribution >= 4 is 11.7 Å². The number of aromatic hydroxyl groups is 1. The second-order valence-electron chi connectivity index (χ2n) is 9.29. The number of aromatic nitrogens is 3. The number of carbonyl (C=O) groups excluding carboxylic acids is 1. The Morgan fingerprint density at radius 1 is 1.11 bits per heavy atom. The first-order valence-corrected chi connectivity index (χ1v) is 12.0. The molecule has 1 fully saturated rings. The summed E-state index contributed by atoms with van der Waals surface area (Å²) in [5.74, 6) is -0.0800. The van der Waals surface area contributed by atoms with Crippen LogP contribution in [0.4, 0.5) is 5.82 Å². The number of hydrogen-bond donors (Lipinski definition) is 2. The molecule has 0 aliphatic carbocycles. The van der Waals surface area contributed by atoms with Gasteiger partial charge in [-0.1, -0.05) is 24.3 Å². The minimum Gasteiger partial charge on any atom is -0.501 e. The molecule has 0 atom stereocenters. The molecule has 10 heteroatoms. The number of nitrogens with one attached hydrogen (secondary N) is 1. The molecule has 2 N–H and O–H groups in total. The molecule has 2 aliphatic rings. The summed E-state index contributed by atoms with van der Waals surface area (Å²) in [6.45, 7) is 7.33. The third-order valence-corrected chi connectivity index (χ3v) is 6.53. The van der Waals surface area contributed by atoms with E-state index in [4.69, 9.17) is 9.47 Å². The molecule has 2 aromatic heterocycles. The number of hydrogen-bond acceptors (Lipinski definition) is 8. The Hall–Kier alpha value is -3.76. The van der Waals surface area contributed by atoms with E-state index < -0.39 is 22.8 Å². The molecule has 0 radical (unpaired) electrons. The van der Waals surface area contributed by atoms with E-state index in [0.717, 1.165) is 35.6 Å². The second-order valence-corrected chi connectivity index (χ2v) is 9.29. The first kappa shape index (κ1) is 24.0. The van der Waals surface area contributed by atoms with Crippen LogP contribution >= 0.6 is 0 Å². The lowest BCUT2D eigenvalue weighted by Crippen LogP contribution is -2.42. The zero-order valence-corrected chi connectivity index (χ0v) is 20.4. The van der Waals surface area contributed by atoms with Gasteiger partial charge in [0.25, 0.3) is 11.5 Å². The van der Waals surface area contributed by atoms with Crippen molar-refractivity contribution in [1.82, 2.24) is 19.9 Å². The van der Waals surface area contributed by atoms with Crippen LogP contribution in [0.5, 0.6) is 5.75 Å². The fourth-order valence-corrected chi connectivity index (χ4v) is 4.57. The molecule has 1 saturated heterocycles. The second kappa shape index (κ2) is 9.71. The molecule has 0 saturated carbocycles. The molecule has 5 rings (SSSR count). The predicted molar refractivity (Wildman–Crippen MR) is 133 cm³/mol. The van der Waals surface area contributed by atoms with Crippen molar-refractivity contribution in [3.8, 4) is 16.9 Å². The van der Waals surface area contributed by atoms with Gasteiger partial charge in [-0.05, 0) is 37.1 Å². The number of rotatable bonds is 5. The van der Waals surface area contributed by atoms with Crippen LogP contribution in [-0.2, 0) is 28.2 Å². The van der Waals surface area contributed by atoms with Gasteiger partial charge in [-0.3, -0.25) is 14.2 Å². The standard InChI is InChI=1S/C26H29N5O5/c1-26(2)25-29-21(22(32)24(34)31(25)11-14-36-26)23(33)28-16-17-5-3-4-6-19(17)18-7-8-20(27-15-18)30-9-12-35-13-10-30/h3-8,15,32H,9-14,16H2,1-2H3,(H,28,33). The average Bonchev–Trinajstić information content (AvgIpc) is 2.90. The highest BCUT2D eigenvalue weighted by Gasteiger charge is 2.34. The third kappa shape index (κ3) is 4.57. The summed E-state index contributed by atoms with van der Waals surface area (Å²) in [4.78, 5) is 36.8. The SMILES string of the molecule is CC1(C)OCCn2c1nc(C(=O)NCc1ccccc1-c1ccc(N3CCOCC3)nc1)c(O)c2=O. The van der Waals surface area contributed by atoms with E-state index >= 15 is 0 Å². The quantitative estimate of drug-likeness (QED) is 0.557. The van der Waals surface area contributed by atoms with Crippen molar-refractivity contribution in [3.63, 3.8) is 0 Å². The highest BCUT2D eigenvalue weighted by molar-refractivity contribution is 5.94. The van der Waals surface area contributed by atoms with Crippen LogP contribution in [-0.4, -0.2) is 58.5 Å². The third-order valence-electron chi connectivity index (χ3n) is 6.53. The zero-order chi connectivity index (χ0) is 25.3. The van der Waals surface area contributed by atoms with E-state index in [2.05, 4.69) is 20.2 Å². The lowest BCUT2D eigenvalue weighted by molar-refractivity contribution is -0.0566. The summed E-state index contributed by atoms with van der Waals surface area (Å²) in [5, 5.41) is 13.2. The minimum absolute atomic E-state index is 0.180. The fraction of sp³-hybridized carbons (Fsp3) is 0.385. The first-order chi connectivity index (χ1) is 17.3. The van der Waals surface area contributed by atoms with Crippen LogP contribution in [0.3, 0.4) is 0 Å². The van der Waals surface area contributed by atoms with Crippen LogP contribution in [0.2, 0.25) is 0 Å². The summed E-state index contributed by atoms with van der Waals surface area (Å²) in [7, 11) is 0. The molecule has 3 aromatic rings. The van der Waals surface area contributed by atoms with E-state index in [1.807, 2.05) is 42.6 Å². The molecule has 1 aromatic carbocycles. The van der Waals surface area contributed by atoms with Crippen LogP contribution < -0.4 is 15.8 Å². The van der Waals surface area contributed by atoms with Crippen molar-refractivity contribution in [2.45, 2.75) is 32.5 Å². The lowest BCUT2D eigenvalue weighted by atomic mass is 10.0. The monoisotopic (exact) mass is 491 g/mol. The van der Waals surface area contributed by atoms with Gasteiger partial charge in [-0.25, -0.2) is 9.97 Å². The minimum atomic E-state index is -0.854. The summed E-state index contributed by atoms with van der Waals surface area (Å²) >= 11 is 0. The van der Waals surface area contributed by atoms with Gasteiger partial charge in [0, 0.05) is 31.4 Å². The predicted octanol–water partition coefficient (Wildman–Crippen LogP) is 2.04. The summed E-state index contributed by atoms with van der Waals surface area (Å²) in [6, 6.07) is 11.7. The van der Waals surface area contributed by atoms with Crippen LogP contribution in [0.1, 0.15) is 35.7 Å². The number of pyridine rings is 1. The Balaban J connectivity index is 1.36. The van der Waals surface area contributed by atoms with Gasteiger partial charge >= 0.3 is 0 Å². The van der Waals surface area contributed by atoms with Crippen molar-refractivity contribution in [3.05, 3.63) is 70.0 Å². The number of fused-ring (bicyclic) bond motifs is 1. The summed E-state index contributed by atoms with van der Waals surface area (Å²) in [6.07, 6.45) is 1.82. The first-order valence-electron chi connectivity index (χ1n) is 12.0. The van der Waals surface area contributed by atoms with Gasteiger partial charge in [-0.2, -0.15) is 0 Å². The maximum atomic E-state index is 13.0. The molecule has 4 heterocycles. The van der Waals surface area contributed by atoms with Gasteiger partial charge in [0.1, 0.15) is 17.2 Å². The Kier molecular flexibility index (Phi) is 6.46. The van der Waals surface area contributed by atoms with Crippen molar-refractivity contribution in [1.29, 1.82) is 0 Å². The summed E-state index contributed by atoms with van der Waals surface area (Å²) < 4.78 is 12.5. The summed E-state index contributed by atoms with van der Waals surface area (Å²) in [5.41, 5.74) is 0.907. The number of carbonyl (C=O) groups is 1. The van der Waals surface area contributed by atoms with E-state index in [9.17, 15) is 14.7 Å². The maximum absolute atomic E-state index is 13.0. The molecular formula is C26H29N5O5.